The third-order valence-corrected chi connectivity index (χ3v) is 4.52. The maximum absolute atomic E-state index is 12.9. The lowest BCUT2D eigenvalue weighted by Crippen LogP contribution is -2.44. The molecule has 0 N–H and O–H groups in total. The zero-order valence-corrected chi connectivity index (χ0v) is 14.4. The quantitative estimate of drug-likeness (QED) is 0.778. The Balaban J connectivity index is 1.86. The van der Waals surface area contributed by atoms with E-state index in [1.807, 2.05) is 18.7 Å². The molecule has 4 nitrogen and oxygen atoms in total. The second kappa shape index (κ2) is 8.62. The molecule has 1 aliphatic rings. The number of halogens is 1. The maximum atomic E-state index is 12.9. The Bertz CT molecular complexity index is 586. The van der Waals surface area contributed by atoms with E-state index in [9.17, 15) is 14.0 Å². The fourth-order valence-corrected chi connectivity index (χ4v) is 2.99. The minimum atomic E-state index is -0.293. The van der Waals surface area contributed by atoms with Gasteiger partial charge in [-0.15, -0.1) is 0 Å². The van der Waals surface area contributed by atoms with Gasteiger partial charge in [-0.3, -0.25) is 9.59 Å². The Morgan fingerprint density at radius 3 is 2.29 bits per heavy atom. The molecule has 1 fully saturated rings. The van der Waals surface area contributed by atoms with Gasteiger partial charge in [0, 0.05) is 38.2 Å². The Morgan fingerprint density at radius 1 is 1.17 bits per heavy atom. The zero-order valence-electron chi connectivity index (χ0n) is 14.4. The van der Waals surface area contributed by atoms with Gasteiger partial charge in [0.1, 0.15) is 5.82 Å². The number of rotatable bonds is 5. The van der Waals surface area contributed by atoms with Gasteiger partial charge in [-0.25, -0.2) is 4.39 Å². The topological polar surface area (TPSA) is 40.6 Å². The summed E-state index contributed by atoms with van der Waals surface area (Å²) in [5.41, 5.74) is 0.788. The van der Waals surface area contributed by atoms with E-state index in [0.717, 1.165) is 18.7 Å². The molecule has 1 heterocycles. The van der Waals surface area contributed by atoms with Gasteiger partial charge in [0.15, 0.2) is 0 Å². The van der Waals surface area contributed by atoms with Crippen LogP contribution in [0.15, 0.2) is 30.3 Å². The van der Waals surface area contributed by atoms with Crippen molar-refractivity contribution in [3.8, 4) is 0 Å². The number of hydrogen-bond acceptors (Lipinski definition) is 2. The molecule has 0 atom stereocenters. The number of likely N-dealkylation sites (tertiary alicyclic amines) is 1. The first kappa shape index (κ1) is 18.2. The van der Waals surface area contributed by atoms with Crippen molar-refractivity contribution in [2.45, 2.75) is 26.7 Å². The first-order valence-electron chi connectivity index (χ1n) is 8.56. The summed E-state index contributed by atoms with van der Waals surface area (Å²) >= 11 is 0. The van der Waals surface area contributed by atoms with Gasteiger partial charge < -0.3 is 9.80 Å². The van der Waals surface area contributed by atoms with Gasteiger partial charge in [-0.05, 0) is 50.5 Å². The highest BCUT2D eigenvalue weighted by Gasteiger charge is 2.28. The highest BCUT2D eigenvalue weighted by molar-refractivity contribution is 5.92. The summed E-state index contributed by atoms with van der Waals surface area (Å²) in [6.07, 6.45) is 4.63. The fourth-order valence-electron chi connectivity index (χ4n) is 2.99. The number of carbonyl (C=O) groups is 2. The van der Waals surface area contributed by atoms with Crippen LogP contribution in [0.5, 0.6) is 0 Å². The van der Waals surface area contributed by atoms with Gasteiger partial charge in [0.05, 0.1) is 0 Å². The molecule has 1 aromatic rings. The van der Waals surface area contributed by atoms with Crippen molar-refractivity contribution in [3.05, 3.63) is 41.7 Å². The minimum Gasteiger partial charge on any atom is -0.343 e. The molecule has 5 heteroatoms. The average Bonchev–Trinajstić information content (AvgIpc) is 2.62. The van der Waals surface area contributed by atoms with Crippen LogP contribution < -0.4 is 0 Å². The van der Waals surface area contributed by atoms with Gasteiger partial charge in [-0.1, -0.05) is 12.1 Å². The lowest BCUT2D eigenvalue weighted by Gasteiger charge is -2.33. The molecule has 0 aromatic heterocycles. The number of piperidine rings is 1. The highest BCUT2D eigenvalue weighted by atomic mass is 19.1. The van der Waals surface area contributed by atoms with E-state index in [0.29, 0.717) is 25.9 Å². The second-order valence-electron chi connectivity index (χ2n) is 5.99. The molecule has 24 heavy (non-hydrogen) atoms. The molecule has 1 aromatic carbocycles. The van der Waals surface area contributed by atoms with Crippen LogP contribution in [0.4, 0.5) is 4.39 Å². The molecule has 1 aliphatic heterocycles. The molecule has 0 unspecified atom stereocenters. The Labute approximate surface area is 142 Å². The van der Waals surface area contributed by atoms with Crippen molar-refractivity contribution in [3.63, 3.8) is 0 Å². The maximum Gasteiger partial charge on any atom is 0.246 e. The van der Waals surface area contributed by atoms with Crippen molar-refractivity contribution < 1.29 is 14.0 Å². The fraction of sp³-hybridized carbons (Fsp3) is 0.474. The zero-order chi connectivity index (χ0) is 17.5. The number of nitrogens with zero attached hydrogens (tertiary/aromatic N) is 2. The van der Waals surface area contributed by atoms with E-state index in [1.165, 1.54) is 18.2 Å². The number of hydrogen-bond donors (Lipinski definition) is 0. The molecule has 0 saturated carbocycles. The summed E-state index contributed by atoms with van der Waals surface area (Å²) in [5, 5.41) is 0. The van der Waals surface area contributed by atoms with Crippen LogP contribution >= 0.6 is 0 Å². The van der Waals surface area contributed by atoms with Gasteiger partial charge in [-0.2, -0.15) is 0 Å². The molecule has 130 valence electrons. The van der Waals surface area contributed by atoms with E-state index >= 15 is 0 Å². The summed E-state index contributed by atoms with van der Waals surface area (Å²) in [6, 6.07) is 6.01. The van der Waals surface area contributed by atoms with E-state index in [4.69, 9.17) is 0 Å². The predicted octanol–water partition coefficient (Wildman–Crippen LogP) is 2.95. The summed E-state index contributed by atoms with van der Waals surface area (Å²) < 4.78 is 12.9. The molecule has 2 rings (SSSR count). The van der Waals surface area contributed by atoms with Crippen LogP contribution in [-0.2, 0) is 9.59 Å². The summed E-state index contributed by atoms with van der Waals surface area (Å²) in [7, 11) is 0. The van der Waals surface area contributed by atoms with E-state index in [2.05, 4.69) is 0 Å². The molecule has 0 spiro atoms. The van der Waals surface area contributed by atoms with E-state index in [-0.39, 0.29) is 23.5 Å². The van der Waals surface area contributed by atoms with Crippen molar-refractivity contribution in [1.29, 1.82) is 0 Å². The van der Waals surface area contributed by atoms with Crippen LogP contribution in [0.2, 0.25) is 0 Å². The first-order valence-corrected chi connectivity index (χ1v) is 8.56. The first-order chi connectivity index (χ1) is 11.5. The SMILES string of the molecule is CCN(CC)C(=O)C1CCN(C(=O)C=Cc2ccc(F)cc2)CC1. The molecule has 1 saturated heterocycles. The Kier molecular flexibility index (Phi) is 6.53. The number of benzene rings is 1. The predicted molar refractivity (Wildman–Crippen MR) is 92.7 cm³/mol. The van der Waals surface area contributed by atoms with Crippen molar-refractivity contribution >= 4 is 17.9 Å². The van der Waals surface area contributed by atoms with E-state index < -0.39 is 0 Å². The van der Waals surface area contributed by atoms with Crippen LogP contribution in [0.25, 0.3) is 6.08 Å². The minimum absolute atomic E-state index is 0.0232. The van der Waals surface area contributed by atoms with Gasteiger partial charge in [0.2, 0.25) is 11.8 Å². The molecular formula is C19H25FN2O2. The second-order valence-corrected chi connectivity index (χ2v) is 5.99. The molecule has 0 radical (unpaired) electrons. The normalized spacial score (nSPS) is 15.7. The Morgan fingerprint density at radius 2 is 1.75 bits per heavy atom. The number of carbonyl (C=O) groups excluding carboxylic acids is 2. The molecule has 0 aliphatic carbocycles. The smallest absolute Gasteiger partial charge is 0.246 e. The standard InChI is InChI=1S/C19H25FN2O2/c1-3-21(4-2)19(24)16-11-13-22(14-12-16)18(23)10-7-15-5-8-17(20)9-6-15/h5-10,16H,3-4,11-14H2,1-2H3. The van der Waals surface area contributed by atoms with Crippen LogP contribution in [0.3, 0.4) is 0 Å². The van der Waals surface area contributed by atoms with Crippen LogP contribution in [0.1, 0.15) is 32.3 Å². The van der Waals surface area contributed by atoms with Crippen molar-refractivity contribution in [2.24, 2.45) is 5.92 Å². The highest BCUT2D eigenvalue weighted by Crippen LogP contribution is 2.20. The van der Waals surface area contributed by atoms with Crippen molar-refractivity contribution in [2.75, 3.05) is 26.2 Å². The lowest BCUT2D eigenvalue weighted by molar-refractivity contribution is -0.139. The molecular weight excluding hydrogens is 307 g/mol. The third-order valence-electron chi connectivity index (χ3n) is 4.52. The largest absolute Gasteiger partial charge is 0.343 e. The van der Waals surface area contributed by atoms with Gasteiger partial charge in [0.25, 0.3) is 0 Å². The van der Waals surface area contributed by atoms with Gasteiger partial charge >= 0.3 is 0 Å². The monoisotopic (exact) mass is 332 g/mol. The van der Waals surface area contributed by atoms with Crippen molar-refractivity contribution in [1.82, 2.24) is 9.80 Å². The van der Waals surface area contributed by atoms with Crippen LogP contribution in [-0.4, -0.2) is 47.8 Å². The summed E-state index contributed by atoms with van der Waals surface area (Å²) in [6.45, 7) is 6.64. The lowest BCUT2D eigenvalue weighted by atomic mass is 9.95. The average molecular weight is 332 g/mol. The Hall–Kier alpha value is -2.17. The molecule has 2 amide bonds. The molecule has 0 bridgehead atoms. The van der Waals surface area contributed by atoms with E-state index in [1.54, 1.807) is 23.1 Å². The summed E-state index contributed by atoms with van der Waals surface area (Å²) in [4.78, 5) is 28.2. The third kappa shape index (κ3) is 4.66. The number of amides is 2. The van der Waals surface area contributed by atoms with Crippen LogP contribution in [0, 0.1) is 11.7 Å². The summed E-state index contributed by atoms with van der Waals surface area (Å²) in [5.74, 6) is -0.129.